The standard InChI is InChI=1S/C12H18N2O4/c1-12(2,8-15)13(3)11-7-9(18-4)5-6-10(11)14(16)17/h5-7,15H,8H2,1-4H3. The fraction of sp³-hybridized carbons (Fsp3) is 0.500. The minimum Gasteiger partial charge on any atom is -0.497 e. The van der Waals surface area contributed by atoms with Crippen LogP contribution in [0.3, 0.4) is 0 Å². The second-order valence-electron chi connectivity index (χ2n) is 4.64. The van der Waals surface area contributed by atoms with E-state index < -0.39 is 10.5 Å². The predicted molar refractivity (Wildman–Crippen MR) is 69.2 cm³/mol. The Morgan fingerprint density at radius 1 is 1.50 bits per heavy atom. The summed E-state index contributed by atoms with van der Waals surface area (Å²) in [5.74, 6) is 0.538. The van der Waals surface area contributed by atoms with Crippen LogP contribution in [0.5, 0.6) is 5.75 Å². The van der Waals surface area contributed by atoms with Crippen LogP contribution in [0.15, 0.2) is 18.2 Å². The number of nitrogens with zero attached hydrogens (tertiary/aromatic N) is 2. The van der Waals surface area contributed by atoms with Crippen molar-refractivity contribution in [3.63, 3.8) is 0 Å². The van der Waals surface area contributed by atoms with E-state index >= 15 is 0 Å². The highest BCUT2D eigenvalue weighted by atomic mass is 16.6. The number of nitro benzene ring substituents is 1. The Hall–Kier alpha value is -1.82. The SMILES string of the molecule is COc1ccc([N+](=O)[O-])c(N(C)C(C)(C)CO)c1. The molecule has 1 aromatic rings. The Kier molecular flexibility index (Phi) is 4.13. The van der Waals surface area contributed by atoms with Crippen molar-refractivity contribution in [3.05, 3.63) is 28.3 Å². The Labute approximate surface area is 106 Å². The Morgan fingerprint density at radius 2 is 2.11 bits per heavy atom. The molecule has 18 heavy (non-hydrogen) atoms. The van der Waals surface area contributed by atoms with E-state index in [1.165, 1.54) is 13.2 Å². The van der Waals surface area contributed by atoms with Crippen molar-refractivity contribution in [1.29, 1.82) is 0 Å². The van der Waals surface area contributed by atoms with E-state index in [2.05, 4.69) is 0 Å². The van der Waals surface area contributed by atoms with E-state index in [9.17, 15) is 15.2 Å². The summed E-state index contributed by atoms with van der Waals surface area (Å²) >= 11 is 0. The molecule has 0 saturated carbocycles. The molecule has 0 aromatic heterocycles. The van der Waals surface area contributed by atoms with Gasteiger partial charge in [0, 0.05) is 19.2 Å². The normalized spacial score (nSPS) is 11.2. The van der Waals surface area contributed by atoms with Crippen LogP contribution in [0.1, 0.15) is 13.8 Å². The van der Waals surface area contributed by atoms with Crippen molar-refractivity contribution < 1.29 is 14.8 Å². The third-order valence-corrected chi connectivity index (χ3v) is 3.04. The first-order chi connectivity index (χ1) is 8.33. The van der Waals surface area contributed by atoms with Crippen LogP contribution < -0.4 is 9.64 Å². The molecule has 1 rings (SSSR count). The van der Waals surface area contributed by atoms with E-state index in [-0.39, 0.29) is 12.3 Å². The predicted octanol–water partition coefficient (Wildman–Crippen LogP) is 1.81. The molecule has 0 saturated heterocycles. The van der Waals surface area contributed by atoms with Crippen molar-refractivity contribution in [2.24, 2.45) is 0 Å². The number of aliphatic hydroxyl groups excluding tert-OH is 1. The average molecular weight is 254 g/mol. The van der Waals surface area contributed by atoms with E-state index in [1.807, 2.05) is 0 Å². The highest BCUT2D eigenvalue weighted by molar-refractivity contribution is 5.66. The van der Waals surface area contributed by atoms with Crippen molar-refractivity contribution in [3.8, 4) is 5.75 Å². The second kappa shape index (κ2) is 5.22. The number of methoxy groups -OCH3 is 1. The van der Waals surface area contributed by atoms with E-state index in [4.69, 9.17) is 4.74 Å². The monoisotopic (exact) mass is 254 g/mol. The Balaban J connectivity index is 3.31. The minimum atomic E-state index is -0.600. The lowest BCUT2D eigenvalue weighted by molar-refractivity contribution is -0.384. The highest BCUT2D eigenvalue weighted by Gasteiger charge is 2.28. The molecule has 0 spiro atoms. The Bertz CT molecular complexity index is 446. The van der Waals surface area contributed by atoms with Gasteiger partial charge in [-0.15, -0.1) is 0 Å². The zero-order valence-corrected chi connectivity index (χ0v) is 11.0. The zero-order chi connectivity index (χ0) is 13.9. The molecule has 0 unspecified atom stereocenters. The number of likely N-dealkylation sites (N-methyl/N-ethyl adjacent to an activating group) is 1. The van der Waals surface area contributed by atoms with Gasteiger partial charge in [0.2, 0.25) is 0 Å². The number of benzene rings is 1. The van der Waals surface area contributed by atoms with Crippen LogP contribution in [-0.4, -0.2) is 36.3 Å². The first kappa shape index (κ1) is 14.2. The summed E-state index contributed by atoms with van der Waals surface area (Å²) in [6, 6.07) is 4.54. The van der Waals surface area contributed by atoms with Crippen LogP contribution in [0.25, 0.3) is 0 Å². The van der Waals surface area contributed by atoms with Gasteiger partial charge < -0.3 is 14.7 Å². The van der Waals surface area contributed by atoms with Crippen LogP contribution in [0.2, 0.25) is 0 Å². The van der Waals surface area contributed by atoms with Gasteiger partial charge in [-0.2, -0.15) is 0 Å². The number of ether oxygens (including phenoxy) is 1. The summed E-state index contributed by atoms with van der Waals surface area (Å²) in [6.45, 7) is 3.49. The van der Waals surface area contributed by atoms with Crippen LogP contribution in [-0.2, 0) is 0 Å². The zero-order valence-electron chi connectivity index (χ0n) is 11.0. The van der Waals surface area contributed by atoms with Gasteiger partial charge in [0.05, 0.1) is 24.2 Å². The van der Waals surface area contributed by atoms with E-state index in [0.717, 1.165) is 0 Å². The van der Waals surface area contributed by atoms with Crippen molar-refractivity contribution in [2.45, 2.75) is 19.4 Å². The largest absolute Gasteiger partial charge is 0.497 e. The molecule has 0 atom stereocenters. The summed E-state index contributed by atoms with van der Waals surface area (Å²) in [4.78, 5) is 12.2. The number of hydrogen-bond donors (Lipinski definition) is 1. The second-order valence-corrected chi connectivity index (χ2v) is 4.64. The lowest BCUT2D eigenvalue weighted by Gasteiger charge is -2.35. The smallest absolute Gasteiger partial charge is 0.292 e. The van der Waals surface area contributed by atoms with E-state index in [0.29, 0.717) is 11.4 Å². The minimum absolute atomic E-state index is 0.0141. The van der Waals surface area contributed by atoms with Gasteiger partial charge in [-0.05, 0) is 19.9 Å². The first-order valence-corrected chi connectivity index (χ1v) is 5.50. The van der Waals surface area contributed by atoms with E-state index in [1.54, 1.807) is 37.9 Å². The third kappa shape index (κ3) is 2.70. The molecule has 0 aliphatic carbocycles. The maximum absolute atomic E-state index is 11.0. The number of aliphatic hydroxyl groups is 1. The fourth-order valence-electron chi connectivity index (χ4n) is 1.49. The Morgan fingerprint density at radius 3 is 2.56 bits per heavy atom. The molecule has 0 radical (unpaired) electrons. The van der Waals surface area contributed by atoms with Crippen molar-refractivity contribution >= 4 is 11.4 Å². The molecule has 0 aliphatic rings. The van der Waals surface area contributed by atoms with Gasteiger partial charge in [-0.1, -0.05) is 0 Å². The summed E-state index contributed by atoms with van der Waals surface area (Å²) in [5, 5.41) is 20.4. The molecule has 6 nitrogen and oxygen atoms in total. The molecular formula is C12H18N2O4. The number of rotatable bonds is 5. The number of anilines is 1. The summed E-state index contributed by atoms with van der Waals surface area (Å²) < 4.78 is 5.07. The van der Waals surface area contributed by atoms with Crippen LogP contribution in [0, 0.1) is 10.1 Å². The van der Waals surface area contributed by atoms with Gasteiger partial charge in [0.25, 0.3) is 5.69 Å². The lowest BCUT2D eigenvalue weighted by Crippen LogP contribution is -2.44. The molecule has 6 heteroatoms. The van der Waals surface area contributed by atoms with Crippen LogP contribution >= 0.6 is 0 Å². The van der Waals surface area contributed by atoms with Gasteiger partial charge in [0.15, 0.2) is 0 Å². The molecule has 0 fully saturated rings. The summed E-state index contributed by atoms with van der Waals surface area (Å²) in [6.07, 6.45) is 0. The molecule has 1 aromatic carbocycles. The van der Waals surface area contributed by atoms with Gasteiger partial charge in [-0.25, -0.2) is 0 Å². The maximum Gasteiger partial charge on any atom is 0.292 e. The molecule has 0 bridgehead atoms. The topological polar surface area (TPSA) is 75.8 Å². The lowest BCUT2D eigenvalue weighted by atomic mass is 10.0. The van der Waals surface area contributed by atoms with Crippen molar-refractivity contribution in [2.75, 3.05) is 25.7 Å². The number of nitro groups is 1. The molecular weight excluding hydrogens is 236 g/mol. The number of hydrogen-bond acceptors (Lipinski definition) is 5. The molecule has 100 valence electrons. The quantitative estimate of drug-likeness (QED) is 0.640. The highest BCUT2D eigenvalue weighted by Crippen LogP contribution is 2.34. The molecule has 0 aliphatic heterocycles. The molecule has 1 N–H and O–H groups in total. The first-order valence-electron chi connectivity index (χ1n) is 5.50. The van der Waals surface area contributed by atoms with Gasteiger partial charge >= 0.3 is 0 Å². The molecule has 0 amide bonds. The summed E-state index contributed by atoms with van der Waals surface area (Å²) in [7, 11) is 3.21. The van der Waals surface area contributed by atoms with Crippen LogP contribution in [0.4, 0.5) is 11.4 Å². The fourth-order valence-corrected chi connectivity index (χ4v) is 1.49. The van der Waals surface area contributed by atoms with Crippen molar-refractivity contribution in [1.82, 2.24) is 0 Å². The maximum atomic E-state index is 11.0. The van der Waals surface area contributed by atoms with Gasteiger partial charge in [-0.3, -0.25) is 10.1 Å². The van der Waals surface area contributed by atoms with Gasteiger partial charge in [0.1, 0.15) is 11.4 Å². The summed E-state index contributed by atoms with van der Waals surface area (Å²) in [5.41, 5.74) is -0.199. The third-order valence-electron chi connectivity index (χ3n) is 3.04. The molecule has 0 heterocycles. The average Bonchev–Trinajstić information content (AvgIpc) is 2.36.